The smallest absolute Gasteiger partial charge is 0.407 e. The summed E-state index contributed by atoms with van der Waals surface area (Å²) in [6.07, 6.45) is 0.945. The summed E-state index contributed by atoms with van der Waals surface area (Å²) in [7, 11) is 0. The van der Waals surface area contributed by atoms with Crippen molar-refractivity contribution in [1.82, 2.24) is 10.6 Å². The Morgan fingerprint density at radius 3 is 2.26 bits per heavy atom. The van der Waals surface area contributed by atoms with Crippen LogP contribution in [-0.2, 0) is 11.3 Å². The van der Waals surface area contributed by atoms with E-state index in [4.69, 9.17) is 4.74 Å². The molecule has 1 amide bonds. The van der Waals surface area contributed by atoms with Crippen LogP contribution in [0.1, 0.15) is 39.2 Å². The van der Waals surface area contributed by atoms with E-state index in [2.05, 4.69) is 10.6 Å². The molecule has 1 fully saturated rings. The molecular formula is C16H21F3N2O2. The molecule has 0 unspecified atom stereocenters. The van der Waals surface area contributed by atoms with Gasteiger partial charge in [-0.05, 0) is 51.3 Å². The third kappa shape index (κ3) is 5.13. The van der Waals surface area contributed by atoms with Gasteiger partial charge in [-0.1, -0.05) is 0 Å². The number of carbonyl (C=O) groups is 1. The van der Waals surface area contributed by atoms with Crippen molar-refractivity contribution in [2.24, 2.45) is 0 Å². The van der Waals surface area contributed by atoms with Crippen molar-refractivity contribution < 1.29 is 22.7 Å². The lowest BCUT2D eigenvalue weighted by atomic mass is 9.86. The second kappa shape index (κ2) is 6.78. The molecule has 1 aliphatic carbocycles. The van der Waals surface area contributed by atoms with Crippen LogP contribution < -0.4 is 10.6 Å². The topological polar surface area (TPSA) is 50.4 Å². The summed E-state index contributed by atoms with van der Waals surface area (Å²) in [5.74, 6) is -3.85. The first-order valence-electron chi connectivity index (χ1n) is 7.50. The van der Waals surface area contributed by atoms with Gasteiger partial charge in [-0.3, -0.25) is 0 Å². The first-order chi connectivity index (χ1) is 10.6. The number of amides is 1. The van der Waals surface area contributed by atoms with Crippen molar-refractivity contribution in [1.29, 1.82) is 0 Å². The molecule has 0 atom stereocenters. The maximum atomic E-state index is 13.1. The standard InChI is InChI=1S/C16H21F3N2O2/c1-16(2,3)23-15(22)21-11-6-10(7-11)20-8-9-4-12(17)14(19)13(18)5-9/h4-5,10-11,20H,6-8H2,1-3H3,(H,21,22). The highest BCUT2D eigenvalue weighted by atomic mass is 19.2. The fraction of sp³-hybridized carbons (Fsp3) is 0.562. The molecule has 0 bridgehead atoms. The van der Waals surface area contributed by atoms with Crippen LogP contribution in [0.2, 0.25) is 0 Å². The van der Waals surface area contributed by atoms with Crippen LogP contribution in [0, 0.1) is 17.5 Å². The number of nitrogens with one attached hydrogen (secondary N) is 2. The highest BCUT2D eigenvalue weighted by Crippen LogP contribution is 2.21. The zero-order chi connectivity index (χ0) is 17.2. The summed E-state index contributed by atoms with van der Waals surface area (Å²) in [4.78, 5) is 11.6. The molecule has 0 radical (unpaired) electrons. The first-order valence-corrected chi connectivity index (χ1v) is 7.50. The molecule has 23 heavy (non-hydrogen) atoms. The molecule has 1 aromatic carbocycles. The van der Waals surface area contributed by atoms with Crippen LogP contribution in [0.3, 0.4) is 0 Å². The second-order valence-corrected chi connectivity index (χ2v) is 6.77. The van der Waals surface area contributed by atoms with E-state index in [-0.39, 0.29) is 18.6 Å². The minimum Gasteiger partial charge on any atom is -0.444 e. The molecular weight excluding hydrogens is 309 g/mol. The molecule has 1 aromatic rings. The van der Waals surface area contributed by atoms with E-state index >= 15 is 0 Å². The molecule has 1 aliphatic rings. The van der Waals surface area contributed by atoms with E-state index in [0.29, 0.717) is 18.4 Å². The van der Waals surface area contributed by atoms with Crippen LogP contribution in [0.15, 0.2) is 12.1 Å². The molecule has 1 saturated carbocycles. The van der Waals surface area contributed by atoms with Crippen LogP contribution in [0.5, 0.6) is 0 Å². The number of alkyl carbamates (subject to hydrolysis) is 1. The maximum Gasteiger partial charge on any atom is 0.407 e. The lowest BCUT2D eigenvalue weighted by Crippen LogP contribution is -2.52. The lowest BCUT2D eigenvalue weighted by Gasteiger charge is -2.36. The van der Waals surface area contributed by atoms with Crippen LogP contribution in [-0.4, -0.2) is 23.8 Å². The number of rotatable bonds is 4. The van der Waals surface area contributed by atoms with Crippen molar-refractivity contribution in [2.75, 3.05) is 0 Å². The zero-order valence-corrected chi connectivity index (χ0v) is 13.4. The third-order valence-corrected chi connectivity index (χ3v) is 3.50. The summed E-state index contributed by atoms with van der Waals surface area (Å²) in [5, 5.41) is 5.87. The summed E-state index contributed by atoms with van der Waals surface area (Å²) in [6, 6.07) is 2.09. The predicted octanol–water partition coefficient (Wildman–Crippen LogP) is 3.25. The van der Waals surface area contributed by atoms with Crippen molar-refractivity contribution in [3.05, 3.63) is 35.1 Å². The molecule has 7 heteroatoms. The monoisotopic (exact) mass is 330 g/mol. The Bertz CT molecular complexity index is 558. The maximum absolute atomic E-state index is 13.1. The number of halogens is 3. The number of hydrogen-bond donors (Lipinski definition) is 2. The van der Waals surface area contributed by atoms with Gasteiger partial charge in [-0.25, -0.2) is 18.0 Å². The Labute approximate surface area is 133 Å². The van der Waals surface area contributed by atoms with Gasteiger partial charge < -0.3 is 15.4 Å². The van der Waals surface area contributed by atoms with Gasteiger partial charge in [0.05, 0.1) is 0 Å². The Kier molecular flexibility index (Phi) is 5.19. The van der Waals surface area contributed by atoms with Gasteiger partial charge in [0.15, 0.2) is 17.5 Å². The fourth-order valence-corrected chi connectivity index (χ4v) is 2.35. The molecule has 0 spiro atoms. The van der Waals surface area contributed by atoms with Crippen molar-refractivity contribution in [3.63, 3.8) is 0 Å². The molecule has 0 aromatic heterocycles. The zero-order valence-electron chi connectivity index (χ0n) is 13.4. The van der Waals surface area contributed by atoms with Crippen LogP contribution >= 0.6 is 0 Å². The van der Waals surface area contributed by atoms with Crippen molar-refractivity contribution in [2.45, 2.75) is 57.8 Å². The van der Waals surface area contributed by atoms with E-state index in [1.807, 2.05) is 0 Å². The third-order valence-electron chi connectivity index (χ3n) is 3.50. The number of ether oxygens (including phenoxy) is 1. The Balaban J connectivity index is 1.72. The van der Waals surface area contributed by atoms with E-state index in [9.17, 15) is 18.0 Å². The average molecular weight is 330 g/mol. The van der Waals surface area contributed by atoms with Gasteiger partial charge >= 0.3 is 6.09 Å². The lowest BCUT2D eigenvalue weighted by molar-refractivity contribution is 0.0465. The second-order valence-electron chi connectivity index (χ2n) is 6.77. The van der Waals surface area contributed by atoms with Crippen LogP contribution in [0.4, 0.5) is 18.0 Å². The molecule has 0 heterocycles. The Morgan fingerprint density at radius 2 is 1.74 bits per heavy atom. The summed E-state index contributed by atoms with van der Waals surface area (Å²) >= 11 is 0. The van der Waals surface area contributed by atoms with Crippen molar-refractivity contribution >= 4 is 6.09 Å². The molecule has 0 saturated heterocycles. The van der Waals surface area contributed by atoms with Gasteiger partial charge in [0.1, 0.15) is 5.60 Å². The van der Waals surface area contributed by atoms with Gasteiger partial charge in [-0.2, -0.15) is 0 Å². The van der Waals surface area contributed by atoms with Crippen LogP contribution in [0.25, 0.3) is 0 Å². The molecule has 0 aliphatic heterocycles. The van der Waals surface area contributed by atoms with Gasteiger partial charge in [0, 0.05) is 18.6 Å². The minimum absolute atomic E-state index is 0.0176. The van der Waals surface area contributed by atoms with Gasteiger partial charge in [-0.15, -0.1) is 0 Å². The van der Waals surface area contributed by atoms with Crippen molar-refractivity contribution in [3.8, 4) is 0 Å². The molecule has 2 N–H and O–H groups in total. The van der Waals surface area contributed by atoms with E-state index in [0.717, 1.165) is 12.1 Å². The highest BCUT2D eigenvalue weighted by molar-refractivity contribution is 5.68. The largest absolute Gasteiger partial charge is 0.444 e. The Hall–Kier alpha value is -1.76. The normalized spacial score (nSPS) is 20.8. The predicted molar refractivity (Wildman–Crippen MR) is 79.3 cm³/mol. The number of carbonyl (C=O) groups excluding carboxylic acids is 1. The summed E-state index contributed by atoms with van der Waals surface area (Å²) in [5.41, 5.74) is -0.202. The van der Waals surface area contributed by atoms with Gasteiger partial charge in [0.2, 0.25) is 0 Å². The first kappa shape index (κ1) is 17.6. The average Bonchev–Trinajstić information content (AvgIpc) is 2.36. The molecule has 128 valence electrons. The number of hydrogen-bond acceptors (Lipinski definition) is 3. The van der Waals surface area contributed by atoms with Gasteiger partial charge in [0.25, 0.3) is 0 Å². The highest BCUT2D eigenvalue weighted by Gasteiger charge is 2.31. The fourth-order valence-electron chi connectivity index (χ4n) is 2.35. The SMILES string of the molecule is CC(C)(C)OC(=O)NC1CC(NCc2cc(F)c(F)c(F)c2)C1. The molecule has 2 rings (SSSR count). The summed E-state index contributed by atoms with van der Waals surface area (Å²) in [6.45, 7) is 5.61. The summed E-state index contributed by atoms with van der Waals surface area (Å²) < 4.78 is 44.2. The van der Waals surface area contributed by atoms with E-state index in [1.165, 1.54) is 0 Å². The number of benzene rings is 1. The minimum atomic E-state index is -1.46. The van der Waals surface area contributed by atoms with E-state index in [1.54, 1.807) is 20.8 Å². The Morgan fingerprint density at radius 1 is 1.17 bits per heavy atom. The quantitative estimate of drug-likeness (QED) is 0.833. The van der Waals surface area contributed by atoms with E-state index < -0.39 is 29.1 Å². The molecule has 4 nitrogen and oxygen atoms in total.